The molecule has 0 bridgehead atoms. The van der Waals surface area contributed by atoms with Crippen molar-refractivity contribution in [1.82, 2.24) is 0 Å². The fourth-order valence-corrected chi connectivity index (χ4v) is 3.08. The standard InChI is InChI=1S/C21H18ClNO4/c1-14(18-5-3-4-6-20(18)22)27-21-12-9-16(23(24)25)13-19(21)15-7-10-17(26-2)11-8-15/h3-14H,1-2H3/t14-/m1/s1. The second-order valence-electron chi connectivity index (χ2n) is 5.95. The number of benzene rings is 3. The predicted molar refractivity (Wildman–Crippen MR) is 106 cm³/mol. The molecule has 0 unspecified atom stereocenters. The number of nitrogens with zero attached hydrogens (tertiary/aromatic N) is 1. The summed E-state index contributed by atoms with van der Waals surface area (Å²) in [6.45, 7) is 1.89. The average Bonchev–Trinajstić information content (AvgIpc) is 2.68. The molecule has 138 valence electrons. The van der Waals surface area contributed by atoms with Crippen LogP contribution in [0.25, 0.3) is 11.1 Å². The largest absolute Gasteiger partial charge is 0.497 e. The summed E-state index contributed by atoms with van der Waals surface area (Å²) in [5, 5.41) is 11.8. The molecule has 1 atom stereocenters. The maximum Gasteiger partial charge on any atom is 0.270 e. The Morgan fingerprint density at radius 1 is 1.04 bits per heavy atom. The van der Waals surface area contributed by atoms with Crippen LogP contribution in [0.15, 0.2) is 66.7 Å². The first-order valence-electron chi connectivity index (χ1n) is 8.33. The molecule has 27 heavy (non-hydrogen) atoms. The highest BCUT2D eigenvalue weighted by atomic mass is 35.5. The summed E-state index contributed by atoms with van der Waals surface area (Å²) in [6, 6.07) is 19.3. The number of ether oxygens (including phenoxy) is 2. The maximum absolute atomic E-state index is 11.2. The van der Waals surface area contributed by atoms with Gasteiger partial charge in [-0.15, -0.1) is 0 Å². The van der Waals surface area contributed by atoms with Gasteiger partial charge in [0.15, 0.2) is 0 Å². The molecule has 5 nitrogen and oxygen atoms in total. The van der Waals surface area contributed by atoms with E-state index in [0.29, 0.717) is 22.1 Å². The van der Waals surface area contributed by atoms with E-state index in [2.05, 4.69) is 0 Å². The van der Waals surface area contributed by atoms with Crippen molar-refractivity contribution in [3.05, 3.63) is 87.4 Å². The molecule has 3 rings (SSSR count). The summed E-state index contributed by atoms with van der Waals surface area (Å²) in [5.41, 5.74) is 2.27. The van der Waals surface area contributed by atoms with Gasteiger partial charge in [-0.3, -0.25) is 10.1 Å². The summed E-state index contributed by atoms with van der Waals surface area (Å²) in [7, 11) is 1.59. The molecule has 0 aliphatic heterocycles. The molecule has 0 aromatic heterocycles. The van der Waals surface area contributed by atoms with Crippen molar-refractivity contribution in [2.75, 3.05) is 7.11 Å². The van der Waals surface area contributed by atoms with Gasteiger partial charge in [0.2, 0.25) is 0 Å². The van der Waals surface area contributed by atoms with E-state index >= 15 is 0 Å². The van der Waals surface area contributed by atoms with Crippen LogP contribution < -0.4 is 9.47 Å². The minimum absolute atomic E-state index is 0.00133. The lowest BCUT2D eigenvalue weighted by molar-refractivity contribution is -0.384. The zero-order valence-corrected chi connectivity index (χ0v) is 15.6. The smallest absolute Gasteiger partial charge is 0.270 e. The molecule has 0 aliphatic rings. The second kappa shape index (κ2) is 8.10. The molecule has 3 aromatic carbocycles. The Morgan fingerprint density at radius 2 is 1.74 bits per heavy atom. The van der Waals surface area contributed by atoms with Crippen molar-refractivity contribution in [2.24, 2.45) is 0 Å². The number of halogens is 1. The molecule has 0 aliphatic carbocycles. The Morgan fingerprint density at radius 3 is 2.37 bits per heavy atom. The highest BCUT2D eigenvalue weighted by Gasteiger charge is 2.17. The molecule has 0 radical (unpaired) electrons. The molecule has 0 saturated carbocycles. The summed E-state index contributed by atoms with van der Waals surface area (Å²) >= 11 is 6.26. The fourth-order valence-electron chi connectivity index (χ4n) is 2.79. The van der Waals surface area contributed by atoms with E-state index in [1.165, 1.54) is 12.1 Å². The van der Waals surface area contributed by atoms with Gasteiger partial charge in [-0.25, -0.2) is 0 Å². The van der Waals surface area contributed by atoms with Crippen LogP contribution in [-0.4, -0.2) is 12.0 Å². The van der Waals surface area contributed by atoms with Crippen molar-refractivity contribution in [2.45, 2.75) is 13.0 Å². The number of nitro groups is 1. The predicted octanol–water partition coefficient (Wildman–Crippen LogP) is 6.06. The summed E-state index contributed by atoms with van der Waals surface area (Å²) in [6.07, 6.45) is -0.322. The maximum atomic E-state index is 11.2. The van der Waals surface area contributed by atoms with Crippen LogP contribution in [0.5, 0.6) is 11.5 Å². The number of non-ortho nitro benzene ring substituents is 1. The van der Waals surface area contributed by atoms with Crippen molar-refractivity contribution in [1.29, 1.82) is 0 Å². The third kappa shape index (κ3) is 4.20. The van der Waals surface area contributed by atoms with E-state index in [9.17, 15) is 10.1 Å². The van der Waals surface area contributed by atoms with Crippen LogP contribution in [0.4, 0.5) is 5.69 Å². The Hall–Kier alpha value is -3.05. The van der Waals surface area contributed by atoms with E-state index in [1.54, 1.807) is 31.4 Å². The molecular formula is C21H18ClNO4. The minimum Gasteiger partial charge on any atom is -0.497 e. The van der Waals surface area contributed by atoms with E-state index in [-0.39, 0.29) is 11.8 Å². The van der Waals surface area contributed by atoms with Crippen LogP contribution in [0.3, 0.4) is 0 Å². The van der Waals surface area contributed by atoms with Crippen LogP contribution in [0, 0.1) is 10.1 Å². The number of rotatable bonds is 6. The lowest BCUT2D eigenvalue weighted by atomic mass is 10.0. The summed E-state index contributed by atoms with van der Waals surface area (Å²) in [5.74, 6) is 1.24. The van der Waals surface area contributed by atoms with Gasteiger partial charge in [-0.1, -0.05) is 41.9 Å². The first kappa shape index (κ1) is 18.7. The molecule has 0 amide bonds. The van der Waals surface area contributed by atoms with Crippen LogP contribution in [0.1, 0.15) is 18.6 Å². The monoisotopic (exact) mass is 383 g/mol. The molecule has 0 spiro atoms. The van der Waals surface area contributed by atoms with Crippen molar-refractivity contribution in [3.8, 4) is 22.6 Å². The lowest BCUT2D eigenvalue weighted by Gasteiger charge is -2.19. The van der Waals surface area contributed by atoms with Crippen molar-refractivity contribution < 1.29 is 14.4 Å². The average molecular weight is 384 g/mol. The Bertz CT molecular complexity index is 957. The Kier molecular flexibility index (Phi) is 5.62. The lowest BCUT2D eigenvalue weighted by Crippen LogP contribution is -2.05. The number of nitro benzene ring substituents is 1. The highest BCUT2D eigenvalue weighted by Crippen LogP contribution is 2.37. The van der Waals surface area contributed by atoms with Crippen molar-refractivity contribution in [3.63, 3.8) is 0 Å². The molecule has 6 heteroatoms. The molecular weight excluding hydrogens is 366 g/mol. The Labute approximate surface area is 162 Å². The van der Waals surface area contributed by atoms with E-state index in [4.69, 9.17) is 21.1 Å². The number of hydrogen-bond acceptors (Lipinski definition) is 4. The van der Waals surface area contributed by atoms with Gasteiger partial charge in [0.05, 0.1) is 12.0 Å². The molecule has 0 saturated heterocycles. The van der Waals surface area contributed by atoms with Gasteiger partial charge in [0.25, 0.3) is 5.69 Å². The van der Waals surface area contributed by atoms with E-state index < -0.39 is 4.92 Å². The first-order chi connectivity index (χ1) is 13.0. The van der Waals surface area contributed by atoms with E-state index in [0.717, 1.165) is 11.1 Å². The fraction of sp³-hybridized carbons (Fsp3) is 0.143. The minimum atomic E-state index is -0.422. The second-order valence-corrected chi connectivity index (χ2v) is 6.35. The van der Waals surface area contributed by atoms with Gasteiger partial charge in [-0.2, -0.15) is 0 Å². The van der Waals surface area contributed by atoms with Crippen LogP contribution in [-0.2, 0) is 0 Å². The zero-order valence-electron chi connectivity index (χ0n) is 14.9. The normalized spacial score (nSPS) is 11.7. The van der Waals surface area contributed by atoms with E-state index in [1.807, 2.05) is 37.3 Å². The molecule has 3 aromatic rings. The SMILES string of the molecule is COc1ccc(-c2cc([N+](=O)[O-])ccc2O[C@H](C)c2ccccc2Cl)cc1. The van der Waals surface area contributed by atoms with Crippen molar-refractivity contribution >= 4 is 17.3 Å². The third-order valence-corrected chi connectivity index (χ3v) is 4.57. The summed E-state index contributed by atoms with van der Waals surface area (Å²) in [4.78, 5) is 10.8. The number of methoxy groups -OCH3 is 1. The number of hydrogen-bond donors (Lipinski definition) is 0. The van der Waals surface area contributed by atoms with Gasteiger partial charge in [0.1, 0.15) is 17.6 Å². The molecule has 0 heterocycles. The van der Waals surface area contributed by atoms with Crippen LogP contribution >= 0.6 is 11.6 Å². The summed E-state index contributed by atoms with van der Waals surface area (Å²) < 4.78 is 11.3. The molecule has 0 N–H and O–H groups in total. The topological polar surface area (TPSA) is 61.6 Å². The quantitative estimate of drug-likeness (QED) is 0.383. The first-order valence-corrected chi connectivity index (χ1v) is 8.71. The zero-order chi connectivity index (χ0) is 19.4. The van der Waals surface area contributed by atoms with Gasteiger partial charge in [0, 0.05) is 28.3 Å². The highest BCUT2D eigenvalue weighted by molar-refractivity contribution is 6.31. The molecule has 0 fully saturated rings. The van der Waals surface area contributed by atoms with Gasteiger partial charge < -0.3 is 9.47 Å². The Balaban J connectivity index is 2.01. The van der Waals surface area contributed by atoms with Gasteiger partial charge >= 0.3 is 0 Å². The van der Waals surface area contributed by atoms with Crippen LogP contribution in [0.2, 0.25) is 5.02 Å². The third-order valence-electron chi connectivity index (χ3n) is 4.22. The van der Waals surface area contributed by atoms with Gasteiger partial charge in [-0.05, 0) is 36.8 Å².